The molecule has 0 fully saturated rings. The molecular weight excluding hydrogens is 466 g/mol. The molecule has 0 amide bonds. The van der Waals surface area contributed by atoms with Gasteiger partial charge in [0, 0.05) is 21.7 Å². The van der Waals surface area contributed by atoms with Crippen LogP contribution in [0.5, 0.6) is 0 Å². The van der Waals surface area contributed by atoms with E-state index in [1.54, 1.807) is 12.1 Å². The summed E-state index contributed by atoms with van der Waals surface area (Å²) in [5.74, 6) is 0. The number of halogens is 6. The van der Waals surface area contributed by atoms with E-state index >= 15 is 0 Å². The van der Waals surface area contributed by atoms with Gasteiger partial charge in [0.25, 0.3) is 0 Å². The van der Waals surface area contributed by atoms with E-state index in [1.165, 1.54) is 0 Å². The summed E-state index contributed by atoms with van der Waals surface area (Å²) in [6, 6.07) is 24.0. The van der Waals surface area contributed by atoms with Crippen LogP contribution in [0.2, 0.25) is 0 Å². The molecule has 0 spiro atoms. The SMILES string of the molecule is O=S(=O)(O)C(F)(F)F.O=S(=O)(O)C(F)(F)F.[Ti].[c-]1[c-][c-][cH-][c-]1.[c-]1[c-][c-][cH-][c-]1. The fourth-order valence-corrected chi connectivity index (χ4v) is 0.361. The van der Waals surface area contributed by atoms with Crippen molar-refractivity contribution in [2.75, 3.05) is 0 Å². The Bertz CT molecular complexity index is 663. The quantitative estimate of drug-likeness (QED) is 0.201. The first-order valence-corrected chi connectivity index (χ1v) is 8.11. The second-order valence-electron chi connectivity index (χ2n) is 3.21. The van der Waals surface area contributed by atoms with Crippen molar-refractivity contribution in [2.24, 2.45) is 0 Å². The molecule has 0 saturated carbocycles. The van der Waals surface area contributed by atoms with Crippen LogP contribution in [0.25, 0.3) is 0 Å². The molecule has 0 bridgehead atoms. The predicted octanol–water partition coefficient (Wildman–Crippen LogP) is 2.00. The normalized spacial score (nSPS) is 11.3. The van der Waals surface area contributed by atoms with Crippen LogP contribution < -0.4 is 0 Å². The summed E-state index contributed by atoms with van der Waals surface area (Å²) < 4.78 is 115. The molecule has 2 aromatic carbocycles. The number of hydrogen-bond donors (Lipinski definition) is 2. The molecule has 0 aliphatic rings. The molecule has 2 rings (SSSR count). The molecule has 2 aromatic rings. The Labute approximate surface area is 165 Å². The molecule has 0 heterocycles. The Morgan fingerprint density at radius 1 is 0.593 bits per heavy atom. The summed E-state index contributed by atoms with van der Waals surface area (Å²) in [6.07, 6.45) is 0. The second-order valence-corrected chi connectivity index (χ2v) is 6.03. The minimum absolute atomic E-state index is 0. The predicted molar refractivity (Wildman–Crippen MR) is 70.0 cm³/mol. The van der Waals surface area contributed by atoms with Gasteiger partial charge in [-0.1, -0.05) is 0 Å². The first kappa shape index (κ1) is 30.5. The molecule has 0 unspecified atom stereocenters. The van der Waals surface area contributed by atoms with Gasteiger partial charge in [-0.05, 0) is 0 Å². The second kappa shape index (κ2) is 13.1. The van der Waals surface area contributed by atoms with Crippen LogP contribution in [0.1, 0.15) is 0 Å². The molecule has 15 heteroatoms. The maximum Gasteiger partial charge on any atom is 0.522 e. The molecule has 0 atom stereocenters. The number of hydrogen-bond acceptors (Lipinski definition) is 4. The Balaban J connectivity index is -0.000000286. The summed E-state index contributed by atoms with van der Waals surface area (Å²) >= 11 is 0. The maximum absolute atomic E-state index is 10.7. The van der Waals surface area contributed by atoms with Gasteiger partial charge in [0.1, 0.15) is 0 Å². The molecular formula is C12H4F6O6S2Ti-10. The van der Waals surface area contributed by atoms with Crippen LogP contribution in [0.4, 0.5) is 26.3 Å². The van der Waals surface area contributed by atoms with Gasteiger partial charge in [-0.2, -0.15) is 43.2 Å². The van der Waals surface area contributed by atoms with Crippen LogP contribution in [0.15, 0.2) is 12.1 Å². The monoisotopic (exact) mass is 470 g/mol. The van der Waals surface area contributed by atoms with Crippen molar-refractivity contribution < 1.29 is 74.0 Å². The third-order valence-corrected chi connectivity index (χ3v) is 2.46. The van der Waals surface area contributed by atoms with Crippen LogP contribution >= 0.6 is 0 Å². The van der Waals surface area contributed by atoms with Crippen molar-refractivity contribution in [2.45, 2.75) is 11.0 Å². The van der Waals surface area contributed by atoms with E-state index < -0.39 is 31.3 Å². The van der Waals surface area contributed by atoms with Crippen LogP contribution in [-0.4, -0.2) is 37.0 Å². The van der Waals surface area contributed by atoms with E-state index in [0.29, 0.717) is 0 Å². The van der Waals surface area contributed by atoms with Gasteiger partial charge >= 0.3 is 31.3 Å². The summed E-state index contributed by atoms with van der Waals surface area (Å²) in [5.41, 5.74) is -11.1. The molecule has 156 valence electrons. The summed E-state index contributed by atoms with van der Waals surface area (Å²) in [7, 11) is -11.7. The summed E-state index contributed by atoms with van der Waals surface area (Å²) in [5, 5.41) is 0. The van der Waals surface area contributed by atoms with Gasteiger partial charge in [0.2, 0.25) is 0 Å². The van der Waals surface area contributed by atoms with Crippen LogP contribution in [0.3, 0.4) is 0 Å². The molecule has 2 N–H and O–H groups in total. The number of rotatable bonds is 0. The average molecular weight is 470 g/mol. The molecule has 0 radical (unpaired) electrons. The molecule has 0 aliphatic heterocycles. The summed E-state index contributed by atoms with van der Waals surface area (Å²) in [4.78, 5) is 0. The van der Waals surface area contributed by atoms with Crippen molar-refractivity contribution in [3.63, 3.8) is 0 Å². The molecule has 6 nitrogen and oxygen atoms in total. The minimum atomic E-state index is -5.84. The molecule has 0 saturated heterocycles. The largest absolute Gasteiger partial charge is 0.999 e. The third kappa shape index (κ3) is 18.0. The fraction of sp³-hybridized carbons (Fsp3) is 0.167. The first-order chi connectivity index (χ1) is 11.5. The Hall–Kier alpha value is -1.19. The van der Waals surface area contributed by atoms with Crippen molar-refractivity contribution in [1.29, 1.82) is 0 Å². The first-order valence-electron chi connectivity index (χ1n) is 5.23. The third-order valence-electron chi connectivity index (χ3n) is 1.29. The zero-order valence-corrected chi connectivity index (χ0v) is 15.5. The van der Waals surface area contributed by atoms with Gasteiger partial charge in [-0.3, -0.25) is 9.11 Å². The number of alkyl halides is 6. The minimum Gasteiger partial charge on any atom is -0.999 e. The van der Waals surface area contributed by atoms with E-state index in [0.717, 1.165) is 0 Å². The van der Waals surface area contributed by atoms with E-state index in [1.807, 2.05) is 0 Å². The zero-order valence-electron chi connectivity index (χ0n) is 12.3. The van der Waals surface area contributed by atoms with Crippen molar-refractivity contribution in [3.05, 3.63) is 60.7 Å². The Morgan fingerprint density at radius 3 is 0.778 bits per heavy atom. The Morgan fingerprint density at radius 2 is 0.741 bits per heavy atom. The van der Waals surface area contributed by atoms with Crippen LogP contribution in [0, 0.1) is 48.5 Å². The average Bonchev–Trinajstić information content (AvgIpc) is 3.15. The van der Waals surface area contributed by atoms with Gasteiger partial charge < -0.3 is 60.7 Å². The topological polar surface area (TPSA) is 109 Å². The van der Waals surface area contributed by atoms with E-state index in [2.05, 4.69) is 48.5 Å². The standard InChI is InChI=1S/2C5H.2CHF3O3S.Ti/c2*1-2-4-5-3-1;2*2-1(3,4)8(5,6)7;/h2*1H;2*(H,5,6,7);/q2*-5;;;. The van der Waals surface area contributed by atoms with Crippen molar-refractivity contribution in [3.8, 4) is 0 Å². The van der Waals surface area contributed by atoms with Gasteiger partial charge in [-0.25, -0.2) is 0 Å². The van der Waals surface area contributed by atoms with Gasteiger partial charge in [0.15, 0.2) is 0 Å². The zero-order chi connectivity index (χ0) is 21.1. The Kier molecular flexibility index (Phi) is 14.8. The maximum atomic E-state index is 10.7. The smallest absolute Gasteiger partial charge is 0.522 e. The summed E-state index contributed by atoms with van der Waals surface area (Å²) in [6.45, 7) is 0. The van der Waals surface area contributed by atoms with Gasteiger partial charge in [0.05, 0.1) is 0 Å². The van der Waals surface area contributed by atoms with E-state index in [-0.39, 0.29) is 21.7 Å². The van der Waals surface area contributed by atoms with E-state index in [4.69, 9.17) is 25.9 Å². The van der Waals surface area contributed by atoms with Gasteiger partial charge in [-0.15, -0.1) is 0 Å². The fourth-order valence-electron chi connectivity index (χ4n) is 0.361. The molecule has 0 aromatic heterocycles. The molecule has 0 aliphatic carbocycles. The molecule has 27 heavy (non-hydrogen) atoms. The van der Waals surface area contributed by atoms with E-state index in [9.17, 15) is 26.3 Å². The van der Waals surface area contributed by atoms with Crippen molar-refractivity contribution >= 4 is 20.2 Å². The van der Waals surface area contributed by atoms with Crippen LogP contribution in [-0.2, 0) is 42.0 Å². The van der Waals surface area contributed by atoms with Crippen molar-refractivity contribution in [1.82, 2.24) is 0 Å².